The van der Waals surface area contributed by atoms with Crippen molar-refractivity contribution in [3.8, 4) is 0 Å². The number of nitrogens with one attached hydrogen (secondary N) is 1. The number of nitrogens with zero attached hydrogens (tertiary/aromatic N) is 1. The maximum absolute atomic E-state index is 12.9. The molecule has 0 aliphatic heterocycles. The highest BCUT2D eigenvalue weighted by Crippen LogP contribution is 2.20. The van der Waals surface area contributed by atoms with E-state index >= 15 is 0 Å². The molecule has 144 valence electrons. The summed E-state index contributed by atoms with van der Waals surface area (Å²) in [7, 11) is 0. The van der Waals surface area contributed by atoms with Crippen molar-refractivity contribution in [3.63, 3.8) is 0 Å². The second-order valence-corrected chi connectivity index (χ2v) is 6.51. The molecule has 1 aromatic carbocycles. The van der Waals surface area contributed by atoms with E-state index in [0.29, 0.717) is 29.2 Å². The first kappa shape index (κ1) is 20.5. The van der Waals surface area contributed by atoms with E-state index in [1.807, 2.05) is 6.92 Å². The van der Waals surface area contributed by atoms with E-state index in [4.69, 9.17) is 21.1 Å². The summed E-state index contributed by atoms with van der Waals surface area (Å²) in [5.74, 6) is -1.80. The Morgan fingerprint density at radius 3 is 2.48 bits per heavy atom. The lowest BCUT2D eigenvalue weighted by Gasteiger charge is -2.22. The molecule has 0 fully saturated rings. The molecule has 1 heterocycles. The molecule has 0 aliphatic carbocycles. The highest BCUT2D eigenvalue weighted by atomic mass is 35.5. The van der Waals surface area contributed by atoms with Crippen LogP contribution >= 0.6 is 11.6 Å². The molecule has 0 spiro atoms. The van der Waals surface area contributed by atoms with E-state index in [1.54, 1.807) is 31.2 Å². The van der Waals surface area contributed by atoms with Crippen LogP contribution in [0.15, 0.2) is 34.9 Å². The predicted octanol–water partition coefficient (Wildman–Crippen LogP) is 3.36. The standard InChI is InChI=1S/C19H21ClN2O5/c1-3-8-22(10-16(23)21-14-6-4-13(20)5-7-14)19(26)18-12(2)11-27-15(18)9-17(24)25/h4-7,11H,3,8-10H2,1-2H3,(H,21,23)(H,24,25). The van der Waals surface area contributed by atoms with Gasteiger partial charge in [-0.1, -0.05) is 18.5 Å². The molecule has 0 atom stereocenters. The Balaban J connectivity index is 2.15. The lowest BCUT2D eigenvalue weighted by Crippen LogP contribution is -2.39. The van der Waals surface area contributed by atoms with Gasteiger partial charge in [0.05, 0.1) is 11.8 Å². The summed E-state index contributed by atoms with van der Waals surface area (Å²) in [6.07, 6.45) is 1.60. The summed E-state index contributed by atoms with van der Waals surface area (Å²) in [5, 5.41) is 12.3. The molecular formula is C19H21ClN2O5. The summed E-state index contributed by atoms with van der Waals surface area (Å²) in [6.45, 7) is 3.74. The van der Waals surface area contributed by atoms with Crippen LogP contribution in [0.5, 0.6) is 0 Å². The molecule has 2 aromatic rings. The maximum Gasteiger partial charge on any atom is 0.311 e. The number of anilines is 1. The number of benzene rings is 1. The van der Waals surface area contributed by atoms with Gasteiger partial charge in [0.2, 0.25) is 5.91 Å². The van der Waals surface area contributed by atoms with Gasteiger partial charge < -0.3 is 19.7 Å². The van der Waals surface area contributed by atoms with Crippen LogP contribution in [0, 0.1) is 6.92 Å². The maximum atomic E-state index is 12.9. The van der Waals surface area contributed by atoms with E-state index in [1.165, 1.54) is 11.2 Å². The second-order valence-electron chi connectivity index (χ2n) is 6.07. The smallest absolute Gasteiger partial charge is 0.311 e. The SMILES string of the molecule is CCCN(CC(=O)Nc1ccc(Cl)cc1)C(=O)c1c(C)coc1CC(=O)O. The monoisotopic (exact) mass is 392 g/mol. The highest BCUT2D eigenvalue weighted by Gasteiger charge is 2.26. The molecular weight excluding hydrogens is 372 g/mol. The number of aryl methyl sites for hydroxylation is 1. The Hall–Kier alpha value is -2.80. The fraction of sp³-hybridized carbons (Fsp3) is 0.316. The van der Waals surface area contributed by atoms with Gasteiger partial charge in [0.25, 0.3) is 5.91 Å². The third-order valence-corrected chi connectivity index (χ3v) is 4.07. The number of carbonyl (C=O) groups excluding carboxylic acids is 2. The molecule has 0 unspecified atom stereocenters. The van der Waals surface area contributed by atoms with Crippen molar-refractivity contribution in [1.82, 2.24) is 4.90 Å². The molecule has 1 aromatic heterocycles. The number of hydrogen-bond donors (Lipinski definition) is 2. The van der Waals surface area contributed by atoms with E-state index in [-0.39, 0.29) is 23.8 Å². The number of furan rings is 1. The Kier molecular flexibility index (Phi) is 7.01. The average Bonchev–Trinajstić information content (AvgIpc) is 2.95. The molecule has 0 aliphatic rings. The Morgan fingerprint density at radius 1 is 1.22 bits per heavy atom. The number of carboxylic acids is 1. The summed E-state index contributed by atoms with van der Waals surface area (Å²) >= 11 is 5.82. The van der Waals surface area contributed by atoms with Crippen molar-refractivity contribution < 1.29 is 23.9 Å². The van der Waals surface area contributed by atoms with Gasteiger partial charge in [-0.2, -0.15) is 0 Å². The Morgan fingerprint density at radius 2 is 1.89 bits per heavy atom. The van der Waals surface area contributed by atoms with Crippen LogP contribution in [0.4, 0.5) is 5.69 Å². The topological polar surface area (TPSA) is 99.9 Å². The average molecular weight is 393 g/mol. The molecule has 27 heavy (non-hydrogen) atoms. The first-order valence-corrected chi connectivity index (χ1v) is 8.83. The Bertz CT molecular complexity index is 829. The molecule has 0 saturated heterocycles. The van der Waals surface area contributed by atoms with Gasteiger partial charge in [-0.25, -0.2) is 0 Å². The van der Waals surface area contributed by atoms with Crippen molar-refractivity contribution in [1.29, 1.82) is 0 Å². The summed E-state index contributed by atoms with van der Waals surface area (Å²) in [6, 6.07) is 6.63. The van der Waals surface area contributed by atoms with Gasteiger partial charge in [-0.05, 0) is 37.6 Å². The van der Waals surface area contributed by atoms with Crippen molar-refractivity contribution in [2.75, 3.05) is 18.4 Å². The van der Waals surface area contributed by atoms with Crippen LogP contribution < -0.4 is 5.32 Å². The molecule has 0 radical (unpaired) electrons. The zero-order valence-electron chi connectivity index (χ0n) is 15.1. The molecule has 2 amide bonds. The van der Waals surface area contributed by atoms with Crippen LogP contribution in [0.1, 0.15) is 35.0 Å². The number of amides is 2. The fourth-order valence-electron chi connectivity index (χ4n) is 2.64. The number of hydrogen-bond acceptors (Lipinski definition) is 4. The lowest BCUT2D eigenvalue weighted by atomic mass is 10.1. The minimum atomic E-state index is -1.10. The van der Waals surface area contributed by atoms with E-state index < -0.39 is 18.3 Å². The minimum Gasteiger partial charge on any atom is -0.481 e. The number of aliphatic carboxylic acids is 1. The van der Waals surface area contributed by atoms with Crippen molar-refractivity contribution in [3.05, 3.63) is 52.4 Å². The van der Waals surface area contributed by atoms with Crippen LogP contribution in [0.25, 0.3) is 0 Å². The zero-order valence-corrected chi connectivity index (χ0v) is 15.9. The normalized spacial score (nSPS) is 10.5. The summed E-state index contributed by atoms with van der Waals surface area (Å²) in [4.78, 5) is 37.7. The highest BCUT2D eigenvalue weighted by molar-refractivity contribution is 6.30. The third-order valence-electron chi connectivity index (χ3n) is 3.82. The van der Waals surface area contributed by atoms with Gasteiger partial charge in [0.1, 0.15) is 18.7 Å². The van der Waals surface area contributed by atoms with Crippen LogP contribution in [0.3, 0.4) is 0 Å². The van der Waals surface area contributed by atoms with E-state index in [9.17, 15) is 14.4 Å². The van der Waals surface area contributed by atoms with Gasteiger partial charge in [-0.15, -0.1) is 0 Å². The van der Waals surface area contributed by atoms with Gasteiger partial charge in [0, 0.05) is 22.8 Å². The zero-order chi connectivity index (χ0) is 20.0. The number of halogens is 1. The largest absolute Gasteiger partial charge is 0.481 e. The summed E-state index contributed by atoms with van der Waals surface area (Å²) in [5.41, 5.74) is 1.31. The van der Waals surface area contributed by atoms with Crippen molar-refractivity contribution >= 4 is 35.1 Å². The number of rotatable bonds is 8. The van der Waals surface area contributed by atoms with E-state index in [2.05, 4.69) is 5.32 Å². The molecule has 0 saturated carbocycles. The van der Waals surface area contributed by atoms with Gasteiger partial charge in [0.15, 0.2) is 0 Å². The van der Waals surface area contributed by atoms with Gasteiger partial charge in [-0.3, -0.25) is 14.4 Å². The fourth-order valence-corrected chi connectivity index (χ4v) is 2.77. The first-order valence-electron chi connectivity index (χ1n) is 8.45. The van der Waals surface area contributed by atoms with Crippen molar-refractivity contribution in [2.45, 2.75) is 26.7 Å². The second kappa shape index (κ2) is 9.23. The van der Waals surface area contributed by atoms with Gasteiger partial charge >= 0.3 is 5.97 Å². The van der Waals surface area contributed by atoms with Crippen molar-refractivity contribution in [2.24, 2.45) is 0 Å². The van der Waals surface area contributed by atoms with Crippen LogP contribution in [-0.4, -0.2) is 40.9 Å². The van der Waals surface area contributed by atoms with Crippen LogP contribution in [-0.2, 0) is 16.0 Å². The number of carbonyl (C=O) groups is 3. The molecule has 7 nitrogen and oxygen atoms in total. The number of carboxylic acid groups (broad SMARTS) is 1. The van der Waals surface area contributed by atoms with E-state index in [0.717, 1.165) is 0 Å². The van der Waals surface area contributed by atoms with Crippen LogP contribution in [0.2, 0.25) is 5.02 Å². The molecule has 2 N–H and O–H groups in total. The molecule has 0 bridgehead atoms. The summed E-state index contributed by atoms with van der Waals surface area (Å²) < 4.78 is 5.23. The quantitative estimate of drug-likeness (QED) is 0.717. The molecule has 8 heteroatoms. The predicted molar refractivity (Wildman–Crippen MR) is 101 cm³/mol. The lowest BCUT2D eigenvalue weighted by molar-refractivity contribution is -0.136. The Labute approximate surface area is 161 Å². The first-order chi connectivity index (χ1) is 12.8. The molecule has 2 rings (SSSR count). The third kappa shape index (κ3) is 5.59. The minimum absolute atomic E-state index is 0.0872.